The highest BCUT2D eigenvalue weighted by Crippen LogP contribution is 2.19. The van der Waals surface area contributed by atoms with Gasteiger partial charge in [-0.1, -0.05) is 17.7 Å². The maximum absolute atomic E-state index is 12.4. The Balaban J connectivity index is 2.31. The zero-order chi connectivity index (χ0) is 15.7. The predicted molar refractivity (Wildman–Crippen MR) is 78.6 cm³/mol. The third-order valence-corrected chi connectivity index (χ3v) is 3.35. The molecule has 0 radical (unpaired) electrons. The van der Waals surface area contributed by atoms with Gasteiger partial charge in [-0.2, -0.15) is 4.68 Å². The van der Waals surface area contributed by atoms with E-state index < -0.39 is 4.92 Å². The van der Waals surface area contributed by atoms with Gasteiger partial charge in [0.25, 0.3) is 0 Å². The molecule has 2 rings (SSSR count). The van der Waals surface area contributed by atoms with E-state index in [2.05, 4.69) is 5.10 Å². The fourth-order valence-electron chi connectivity index (χ4n) is 2.62. The van der Waals surface area contributed by atoms with Crippen LogP contribution >= 0.6 is 0 Å². The molecular weight excluding hydrogens is 270 g/mol. The van der Waals surface area contributed by atoms with Crippen molar-refractivity contribution in [3.63, 3.8) is 0 Å². The van der Waals surface area contributed by atoms with Crippen molar-refractivity contribution in [2.45, 2.75) is 34.2 Å². The van der Waals surface area contributed by atoms with Gasteiger partial charge >= 0.3 is 5.82 Å². The number of hydrogen-bond donors (Lipinski definition) is 0. The van der Waals surface area contributed by atoms with Crippen LogP contribution < -0.4 is 0 Å². The average Bonchev–Trinajstić information content (AvgIpc) is 2.68. The van der Waals surface area contributed by atoms with Crippen molar-refractivity contribution in [3.8, 4) is 0 Å². The zero-order valence-electron chi connectivity index (χ0n) is 12.5. The van der Waals surface area contributed by atoms with Crippen LogP contribution in [0, 0.1) is 37.8 Å². The first-order chi connectivity index (χ1) is 9.79. The molecular formula is C15H17N3O3. The molecule has 0 unspecified atom stereocenters. The first-order valence-electron chi connectivity index (χ1n) is 6.59. The minimum absolute atomic E-state index is 0.000574. The summed E-state index contributed by atoms with van der Waals surface area (Å²) in [6.45, 7) is 7.37. The van der Waals surface area contributed by atoms with Gasteiger partial charge in [0, 0.05) is 5.56 Å². The van der Waals surface area contributed by atoms with Crippen molar-refractivity contribution in [1.29, 1.82) is 0 Å². The van der Waals surface area contributed by atoms with Crippen molar-refractivity contribution in [3.05, 3.63) is 56.3 Å². The first-order valence-corrected chi connectivity index (χ1v) is 6.59. The van der Waals surface area contributed by atoms with Crippen LogP contribution in [0.5, 0.6) is 0 Å². The van der Waals surface area contributed by atoms with Gasteiger partial charge in [0.05, 0.1) is 16.9 Å². The third kappa shape index (κ3) is 2.99. The number of nitro groups is 1. The topological polar surface area (TPSA) is 78.0 Å². The SMILES string of the molecule is Cc1cc(C)c(C(=O)Cn2cc(C)c([N+](=O)[O-])n2)c(C)c1. The number of aromatic nitrogens is 2. The molecule has 2 aromatic rings. The summed E-state index contributed by atoms with van der Waals surface area (Å²) in [6.07, 6.45) is 1.52. The van der Waals surface area contributed by atoms with E-state index in [-0.39, 0.29) is 18.1 Å². The van der Waals surface area contributed by atoms with Gasteiger partial charge in [0.1, 0.15) is 6.54 Å². The molecule has 0 aliphatic carbocycles. The highest BCUT2D eigenvalue weighted by molar-refractivity contribution is 5.98. The molecule has 110 valence electrons. The van der Waals surface area contributed by atoms with Gasteiger partial charge in [-0.15, -0.1) is 0 Å². The Kier molecular flexibility index (Phi) is 3.88. The molecule has 0 saturated heterocycles. The number of rotatable bonds is 4. The molecule has 1 heterocycles. The minimum Gasteiger partial charge on any atom is -0.358 e. The lowest BCUT2D eigenvalue weighted by Crippen LogP contribution is -2.14. The molecule has 0 amide bonds. The second-order valence-corrected chi connectivity index (χ2v) is 5.29. The number of carbonyl (C=O) groups is 1. The van der Waals surface area contributed by atoms with E-state index in [1.165, 1.54) is 10.9 Å². The molecule has 0 N–H and O–H groups in total. The van der Waals surface area contributed by atoms with Gasteiger partial charge in [-0.25, -0.2) is 0 Å². The summed E-state index contributed by atoms with van der Waals surface area (Å²) in [6, 6.07) is 3.91. The number of aryl methyl sites for hydroxylation is 4. The number of nitrogens with zero attached hydrogens (tertiary/aromatic N) is 3. The summed E-state index contributed by atoms with van der Waals surface area (Å²) in [5.41, 5.74) is 4.04. The van der Waals surface area contributed by atoms with Gasteiger partial charge in [-0.3, -0.25) is 4.79 Å². The molecule has 21 heavy (non-hydrogen) atoms. The Labute approximate surface area is 122 Å². The van der Waals surface area contributed by atoms with Crippen LogP contribution in [0.25, 0.3) is 0 Å². The van der Waals surface area contributed by atoms with Crippen molar-refractivity contribution in [1.82, 2.24) is 9.78 Å². The molecule has 0 bridgehead atoms. The second kappa shape index (κ2) is 5.47. The van der Waals surface area contributed by atoms with Gasteiger partial charge in [0.15, 0.2) is 5.78 Å². The Morgan fingerprint density at radius 1 is 1.19 bits per heavy atom. The van der Waals surface area contributed by atoms with Crippen LogP contribution in [-0.4, -0.2) is 20.5 Å². The Morgan fingerprint density at radius 3 is 2.24 bits per heavy atom. The van der Waals surface area contributed by atoms with E-state index >= 15 is 0 Å². The van der Waals surface area contributed by atoms with Crippen molar-refractivity contribution in [2.24, 2.45) is 0 Å². The normalized spacial score (nSPS) is 10.7. The number of benzene rings is 1. The monoisotopic (exact) mass is 287 g/mol. The minimum atomic E-state index is -0.543. The van der Waals surface area contributed by atoms with Crippen LogP contribution in [0.1, 0.15) is 32.6 Å². The molecule has 6 heteroatoms. The molecule has 0 aliphatic rings. The van der Waals surface area contributed by atoms with Gasteiger partial charge < -0.3 is 10.1 Å². The first kappa shape index (κ1) is 14.9. The summed E-state index contributed by atoms with van der Waals surface area (Å²) in [7, 11) is 0. The van der Waals surface area contributed by atoms with Crippen molar-refractivity contribution in [2.75, 3.05) is 0 Å². The van der Waals surface area contributed by atoms with Crippen molar-refractivity contribution >= 4 is 11.6 Å². The highest BCUT2D eigenvalue weighted by atomic mass is 16.6. The summed E-state index contributed by atoms with van der Waals surface area (Å²) >= 11 is 0. The quantitative estimate of drug-likeness (QED) is 0.492. The smallest absolute Gasteiger partial charge is 0.358 e. The zero-order valence-corrected chi connectivity index (χ0v) is 12.5. The molecule has 0 atom stereocenters. The fraction of sp³-hybridized carbons (Fsp3) is 0.333. The van der Waals surface area contributed by atoms with Crippen molar-refractivity contribution < 1.29 is 9.72 Å². The molecule has 6 nitrogen and oxygen atoms in total. The largest absolute Gasteiger partial charge is 0.392 e. The molecule has 1 aromatic heterocycles. The Bertz CT molecular complexity index is 709. The maximum Gasteiger partial charge on any atom is 0.392 e. The molecule has 0 aliphatic heterocycles. The van der Waals surface area contributed by atoms with Crippen LogP contribution in [0.15, 0.2) is 18.3 Å². The lowest BCUT2D eigenvalue weighted by molar-refractivity contribution is -0.390. The second-order valence-electron chi connectivity index (χ2n) is 5.29. The standard InChI is InChI=1S/C15H17N3O3/c1-9-5-10(2)14(11(3)6-9)13(19)8-17-7-12(4)15(16-17)18(20)21/h5-7H,8H2,1-4H3. The predicted octanol–water partition coefficient (Wildman–Crippen LogP) is 2.91. The molecule has 1 aromatic carbocycles. The summed E-state index contributed by atoms with van der Waals surface area (Å²) in [4.78, 5) is 22.7. The van der Waals surface area contributed by atoms with E-state index in [0.29, 0.717) is 11.1 Å². The number of carbonyl (C=O) groups excluding carboxylic acids is 1. The summed E-state index contributed by atoms with van der Waals surface area (Å²) in [5.74, 6) is -0.303. The Morgan fingerprint density at radius 2 is 1.76 bits per heavy atom. The van der Waals surface area contributed by atoms with E-state index in [4.69, 9.17) is 0 Å². The number of Topliss-reactive ketones (excluding diaryl/α,β-unsaturated/α-hetero) is 1. The van der Waals surface area contributed by atoms with E-state index in [1.54, 1.807) is 6.92 Å². The Hall–Kier alpha value is -2.50. The van der Waals surface area contributed by atoms with E-state index in [1.807, 2.05) is 32.9 Å². The maximum atomic E-state index is 12.4. The van der Waals surface area contributed by atoms with Crippen LogP contribution in [0.2, 0.25) is 0 Å². The fourth-order valence-corrected chi connectivity index (χ4v) is 2.62. The number of ketones is 1. The summed E-state index contributed by atoms with van der Waals surface area (Å²) in [5, 5.41) is 14.6. The lowest BCUT2D eigenvalue weighted by atomic mass is 9.96. The highest BCUT2D eigenvalue weighted by Gasteiger charge is 2.20. The van der Waals surface area contributed by atoms with E-state index in [9.17, 15) is 14.9 Å². The van der Waals surface area contributed by atoms with Gasteiger partial charge in [-0.05, 0) is 43.7 Å². The molecule has 0 spiro atoms. The number of hydrogen-bond acceptors (Lipinski definition) is 4. The van der Waals surface area contributed by atoms with Gasteiger partial charge in [0.2, 0.25) is 0 Å². The molecule has 0 saturated carbocycles. The average molecular weight is 287 g/mol. The molecule has 0 fully saturated rings. The van der Waals surface area contributed by atoms with Crippen LogP contribution in [0.4, 0.5) is 5.82 Å². The third-order valence-electron chi connectivity index (χ3n) is 3.35. The lowest BCUT2D eigenvalue weighted by Gasteiger charge is -2.09. The van der Waals surface area contributed by atoms with Crippen LogP contribution in [0.3, 0.4) is 0 Å². The van der Waals surface area contributed by atoms with Crippen LogP contribution in [-0.2, 0) is 6.54 Å². The van der Waals surface area contributed by atoms with E-state index in [0.717, 1.165) is 16.7 Å². The summed E-state index contributed by atoms with van der Waals surface area (Å²) < 4.78 is 1.33.